The van der Waals surface area contributed by atoms with Crippen molar-refractivity contribution in [2.45, 2.75) is 19.4 Å². The molecule has 0 radical (unpaired) electrons. The van der Waals surface area contributed by atoms with Crippen LogP contribution in [0.3, 0.4) is 0 Å². The van der Waals surface area contributed by atoms with Crippen molar-refractivity contribution in [3.05, 3.63) is 75.5 Å². The van der Waals surface area contributed by atoms with Crippen molar-refractivity contribution >= 4 is 23.2 Å². The Hall–Kier alpha value is -3.56. The molecule has 194 valence electrons. The maximum absolute atomic E-state index is 13.7. The van der Waals surface area contributed by atoms with Crippen LogP contribution >= 0.6 is 11.3 Å². The first-order valence-corrected chi connectivity index (χ1v) is 13.1. The number of hydrogen-bond acceptors (Lipinski definition) is 7. The molecule has 1 aromatic heterocycles. The lowest BCUT2D eigenvalue weighted by Crippen LogP contribution is -2.48. The lowest BCUT2D eigenvalue weighted by molar-refractivity contribution is -0.135. The highest BCUT2D eigenvalue weighted by Gasteiger charge is 2.34. The lowest BCUT2D eigenvalue weighted by atomic mass is 10.00. The second-order valence-corrected chi connectivity index (χ2v) is 10.0. The van der Waals surface area contributed by atoms with Crippen LogP contribution in [-0.2, 0) is 16.0 Å². The van der Waals surface area contributed by atoms with Crippen molar-refractivity contribution in [1.82, 2.24) is 9.80 Å². The van der Waals surface area contributed by atoms with Gasteiger partial charge in [0.1, 0.15) is 18.9 Å². The van der Waals surface area contributed by atoms with Crippen LogP contribution in [0, 0.1) is 6.92 Å². The molecule has 2 amide bonds. The van der Waals surface area contributed by atoms with Gasteiger partial charge in [-0.3, -0.25) is 9.59 Å². The van der Waals surface area contributed by atoms with E-state index in [-0.39, 0.29) is 37.7 Å². The largest absolute Gasteiger partial charge is 0.491 e. The summed E-state index contributed by atoms with van der Waals surface area (Å²) in [5, 5.41) is 2.06. The molecule has 2 aliphatic rings. The van der Waals surface area contributed by atoms with E-state index in [9.17, 15) is 9.59 Å². The first-order valence-electron chi connectivity index (χ1n) is 12.3. The van der Waals surface area contributed by atoms with E-state index in [1.165, 1.54) is 9.78 Å². The van der Waals surface area contributed by atoms with E-state index < -0.39 is 0 Å². The molecule has 3 aromatic rings. The number of fused-ring (bicyclic) bond motifs is 2. The molecule has 0 aliphatic carbocycles. The number of para-hydroxylation sites is 1. The van der Waals surface area contributed by atoms with Crippen LogP contribution in [0.1, 0.15) is 32.4 Å². The van der Waals surface area contributed by atoms with Gasteiger partial charge in [-0.2, -0.15) is 0 Å². The van der Waals surface area contributed by atoms with Gasteiger partial charge >= 0.3 is 0 Å². The van der Waals surface area contributed by atoms with Crippen molar-refractivity contribution in [2.24, 2.45) is 0 Å². The topological polar surface area (TPSA) is 77.5 Å². The van der Waals surface area contributed by atoms with Crippen LogP contribution in [0.2, 0.25) is 0 Å². The van der Waals surface area contributed by atoms with Gasteiger partial charge in [0.15, 0.2) is 11.5 Å². The average Bonchev–Trinajstić information content (AvgIpc) is 3.59. The number of amides is 2. The maximum Gasteiger partial charge on any atom is 0.254 e. The summed E-state index contributed by atoms with van der Waals surface area (Å²) in [6.07, 6.45) is 0.785. The van der Waals surface area contributed by atoms with Gasteiger partial charge in [0.25, 0.3) is 5.91 Å². The van der Waals surface area contributed by atoms with Crippen LogP contribution in [0.15, 0.2) is 53.9 Å². The summed E-state index contributed by atoms with van der Waals surface area (Å²) >= 11 is 1.71. The number of methoxy groups -OCH3 is 1. The molecule has 5 rings (SSSR count). The van der Waals surface area contributed by atoms with E-state index in [2.05, 4.69) is 11.4 Å². The average molecular weight is 523 g/mol. The Kier molecular flexibility index (Phi) is 7.62. The number of carbonyl (C=O) groups is 2. The van der Waals surface area contributed by atoms with E-state index in [0.29, 0.717) is 36.8 Å². The fraction of sp³-hybridized carbons (Fsp3) is 0.357. The quantitative estimate of drug-likeness (QED) is 0.422. The molecule has 0 saturated heterocycles. The molecule has 0 N–H and O–H groups in total. The van der Waals surface area contributed by atoms with Crippen LogP contribution in [0.25, 0.3) is 0 Å². The zero-order chi connectivity index (χ0) is 25.8. The molecule has 37 heavy (non-hydrogen) atoms. The zero-order valence-electron chi connectivity index (χ0n) is 21.0. The Bertz CT molecular complexity index is 1280. The summed E-state index contributed by atoms with van der Waals surface area (Å²) in [5.74, 6) is 1.55. The number of benzene rings is 2. The summed E-state index contributed by atoms with van der Waals surface area (Å²) in [6, 6.07) is 14.8. The van der Waals surface area contributed by atoms with Crippen molar-refractivity contribution in [2.75, 3.05) is 46.8 Å². The summed E-state index contributed by atoms with van der Waals surface area (Å²) in [7, 11) is 1.58. The number of thiophene rings is 1. The smallest absolute Gasteiger partial charge is 0.254 e. The Labute approximate surface area is 220 Å². The SMILES string of the molecule is COCCN(CC(=O)N1CCc2sccc2[C@H]1COc1ccccc1C)C(=O)c1ccc2c(c1)OCO2. The van der Waals surface area contributed by atoms with Crippen LogP contribution in [0.4, 0.5) is 0 Å². The second kappa shape index (κ2) is 11.2. The Morgan fingerprint density at radius 3 is 2.81 bits per heavy atom. The maximum atomic E-state index is 13.7. The second-order valence-electron chi connectivity index (χ2n) is 9.02. The Morgan fingerprint density at radius 1 is 1.14 bits per heavy atom. The first-order chi connectivity index (χ1) is 18.0. The van der Waals surface area contributed by atoms with Gasteiger partial charge in [-0.25, -0.2) is 0 Å². The van der Waals surface area contributed by atoms with E-state index in [1.54, 1.807) is 36.6 Å². The molecule has 1 atom stereocenters. The van der Waals surface area contributed by atoms with Gasteiger partial charge < -0.3 is 28.7 Å². The minimum Gasteiger partial charge on any atom is -0.491 e. The van der Waals surface area contributed by atoms with Gasteiger partial charge in [-0.15, -0.1) is 11.3 Å². The minimum absolute atomic E-state index is 0.0586. The van der Waals surface area contributed by atoms with Gasteiger partial charge in [0.05, 0.1) is 12.6 Å². The number of nitrogens with zero attached hydrogens (tertiary/aromatic N) is 2. The first kappa shape index (κ1) is 25.1. The van der Waals surface area contributed by atoms with Crippen LogP contribution in [0.5, 0.6) is 17.2 Å². The molecule has 9 heteroatoms. The standard InChI is InChI=1S/C28H30N2O6S/c1-19-5-3-4-6-23(19)34-17-22-21-10-14-37-26(21)9-11-30(22)27(31)16-29(12-13-33-2)28(32)20-7-8-24-25(15-20)36-18-35-24/h3-8,10,14-15,22H,9,11-13,16-18H2,1-2H3/t22-/m1/s1. The predicted molar refractivity (Wildman–Crippen MR) is 139 cm³/mol. The molecular weight excluding hydrogens is 492 g/mol. The summed E-state index contributed by atoms with van der Waals surface area (Å²) in [5.41, 5.74) is 2.59. The molecule has 0 spiro atoms. The highest BCUT2D eigenvalue weighted by molar-refractivity contribution is 7.10. The summed E-state index contributed by atoms with van der Waals surface area (Å²) < 4.78 is 22.2. The number of aryl methyl sites for hydroxylation is 1. The van der Waals surface area contributed by atoms with E-state index in [4.69, 9.17) is 18.9 Å². The third-order valence-electron chi connectivity index (χ3n) is 6.70. The molecule has 0 unspecified atom stereocenters. The molecule has 8 nitrogen and oxygen atoms in total. The van der Waals surface area contributed by atoms with Crippen molar-refractivity contribution in [3.8, 4) is 17.2 Å². The predicted octanol–water partition coefficient (Wildman–Crippen LogP) is 4.08. The van der Waals surface area contributed by atoms with Crippen LogP contribution < -0.4 is 14.2 Å². The summed E-state index contributed by atoms with van der Waals surface area (Å²) in [6.45, 7) is 3.60. The fourth-order valence-corrected chi connectivity index (χ4v) is 5.61. The van der Waals surface area contributed by atoms with Gasteiger partial charge in [-0.1, -0.05) is 18.2 Å². The molecular formula is C28H30N2O6S. The number of carbonyl (C=O) groups excluding carboxylic acids is 2. The van der Waals surface area contributed by atoms with E-state index in [0.717, 1.165) is 23.3 Å². The van der Waals surface area contributed by atoms with Crippen molar-refractivity contribution < 1.29 is 28.5 Å². The number of ether oxygens (including phenoxy) is 4. The van der Waals surface area contributed by atoms with E-state index >= 15 is 0 Å². The normalized spacial score (nSPS) is 15.8. The molecule has 2 aliphatic heterocycles. The molecule has 2 aromatic carbocycles. The Morgan fingerprint density at radius 2 is 1.97 bits per heavy atom. The van der Waals surface area contributed by atoms with Crippen molar-refractivity contribution in [3.63, 3.8) is 0 Å². The van der Waals surface area contributed by atoms with Crippen LogP contribution in [-0.4, -0.2) is 68.4 Å². The minimum atomic E-state index is -0.260. The number of rotatable bonds is 9. The molecule has 3 heterocycles. The van der Waals surface area contributed by atoms with Gasteiger partial charge in [0.2, 0.25) is 12.7 Å². The zero-order valence-corrected chi connectivity index (χ0v) is 21.8. The summed E-state index contributed by atoms with van der Waals surface area (Å²) in [4.78, 5) is 31.8. The van der Waals surface area contributed by atoms with Crippen molar-refractivity contribution in [1.29, 1.82) is 0 Å². The highest BCUT2D eigenvalue weighted by atomic mass is 32.1. The fourth-order valence-electron chi connectivity index (χ4n) is 4.68. The van der Waals surface area contributed by atoms with Gasteiger partial charge in [0, 0.05) is 30.6 Å². The van der Waals surface area contributed by atoms with Gasteiger partial charge in [-0.05, 0) is 60.2 Å². The third kappa shape index (κ3) is 5.42. The monoisotopic (exact) mass is 522 g/mol. The lowest BCUT2D eigenvalue weighted by Gasteiger charge is -2.37. The third-order valence-corrected chi connectivity index (χ3v) is 7.70. The molecule has 0 bridgehead atoms. The van der Waals surface area contributed by atoms with E-state index in [1.807, 2.05) is 36.1 Å². The molecule has 0 fully saturated rings. The highest BCUT2D eigenvalue weighted by Crippen LogP contribution is 2.35. The number of hydrogen-bond donors (Lipinski definition) is 0. The Balaban J connectivity index is 1.34. The molecule has 0 saturated carbocycles.